The van der Waals surface area contributed by atoms with Crippen molar-refractivity contribution in [1.29, 1.82) is 0 Å². The summed E-state index contributed by atoms with van der Waals surface area (Å²) in [4.78, 5) is 0. The molecular formula is C23H24Br2Si. The van der Waals surface area contributed by atoms with Crippen LogP contribution in [-0.2, 0) is 0 Å². The zero-order chi connectivity index (χ0) is 18.5. The van der Waals surface area contributed by atoms with Crippen molar-refractivity contribution in [1.82, 2.24) is 0 Å². The molecule has 0 saturated heterocycles. The van der Waals surface area contributed by atoms with Gasteiger partial charge in [0, 0.05) is 14.9 Å². The van der Waals surface area contributed by atoms with E-state index in [1.54, 1.807) is 10.8 Å². The van der Waals surface area contributed by atoms with Crippen molar-refractivity contribution < 1.29 is 0 Å². The van der Waals surface area contributed by atoms with E-state index in [1.165, 1.54) is 44.0 Å². The highest BCUT2D eigenvalue weighted by Crippen LogP contribution is 2.49. The summed E-state index contributed by atoms with van der Waals surface area (Å²) in [6.45, 7) is 7.32. The molecule has 0 amide bonds. The summed E-state index contributed by atoms with van der Waals surface area (Å²) in [5, 5.41) is 1.63. The zero-order valence-corrected chi connectivity index (χ0v) is 19.7. The number of benzene rings is 2. The predicted molar refractivity (Wildman–Crippen MR) is 122 cm³/mol. The first-order valence-electron chi connectivity index (χ1n) is 9.32. The van der Waals surface area contributed by atoms with Crippen molar-refractivity contribution in [3.63, 3.8) is 0 Å². The Bertz CT molecular complexity index is 880. The predicted octanol–water partition coefficient (Wildman–Crippen LogP) is 8.24. The van der Waals surface area contributed by atoms with Gasteiger partial charge in [-0.2, -0.15) is 0 Å². The third-order valence-electron chi connectivity index (χ3n) is 5.63. The SMILES string of the molecule is C[Si](C)(C)C1=CCC(CCC2c3cc(Br)ccc3-c3ccc(Br)cc32)=C1. The van der Waals surface area contributed by atoms with Gasteiger partial charge in [-0.1, -0.05) is 86.6 Å². The molecule has 2 aromatic carbocycles. The van der Waals surface area contributed by atoms with Crippen LogP contribution in [0, 0.1) is 0 Å². The fraction of sp³-hybridized carbons (Fsp3) is 0.304. The molecule has 2 aliphatic carbocycles. The second-order valence-electron chi connectivity index (χ2n) is 8.47. The van der Waals surface area contributed by atoms with Crippen LogP contribution in [0.5, 0.6) is 0 Å². The fourth-order valence-electron chi connectivity index (χ4n) is 4.22. The topological polar surface area (TPSA) is 0 Å². The van der Waals surface area contributed by atoms with Crippen molar-refractivity contribution in [2.24, 2.45) is 0 Å². The van der Waals surface area contributed by atoms with Crippen LogP contribution in [0.25, 0.3) is 11.1 Å². The van der Waals surface area contributed by atoms with Crippen molar-refractivity contribution in [3.8, 4) is 11.1 Å². The fourth-order valence-corrected chi connectivity index (χ4v) is 6.33. The van der Waals surface area contributed by atoms with E-state index in [0.29, 0.717) is 5.92 Å². The van der Waals surface area contributed by atoms with Crippen LogP contribution in [0.3, 0.4) is 0 Å². The standard InChI is InChI=1S/C23H24Br2Si/c1-26(2,3)18-8-4-15(12-18)5-9-21-22-13-16(24)6-10-19(22)20-11-7-17(25)14-23(20)21/h6-8,10-14,21H,4-5,9H2,1-3H3. The van der Waals surface area contributed by atoms with Gasteiger partial charge in [0.05, 0.1) is 8.07 Å². The van der Waals surface area contributed by atoms with Crippen LogP contribution in [-0.4, -0.2) is 8.07 Å². The molecule has 4 rings (SSSR count). The molecule has 0 unspecified atom stereocenters. The average molecular weight is 488 g/mol. The Balaban J connectivity index is 1.61. The number of hydrogen-bond donors (Lipinski definition) is 0. The Morgan fingerprint density at radius 1 is 0.923 bits per heavy atom. The quantitative estimate of drug-likeness (QED) is 0.381. The second-order valence-corrected chi connectivity index (χ2v) is 15.4. The van der Waals surface area contributed by atoms with Crippen LogP contribution in [0.15, 0.2) is 68.3 Å². The molecule has 0 aromatic heterocycles. The molecule has 2 aromatic rings. The van der Waals surface area contributed by atoms with Gasteiger partial charge in [0.2, 0.25) is 0 Å². The maximum absolute atomic E-state index is 3.67. The molecule has 0 N–H and O–H groups in total. The lowest BCUT2D eigenvalue weighted by atomic mass is 9.90. The van der Waals surface area contributed by atoms with Gasteiger partial charge < -0.3 is 0 Å². The van der Waals surface area contributed by atoms with Crippen LogP contribution in [0.1, 0.15) is 36.3 Å². The smallest absolute Gasteiger partial charge is 0.0771 e. The third-order valence-corrected chi connectivity index (χ3v) is 8.70. The first kappa shape index (κ1) is 18.5. The third kappa shape index (κ3) is 3.46. The highest BCUT2D eigenvalue weighted by molar-refractivity contribution is 9.10. The van der Waals surface area contributed by atoms with Crippen molar-refractivity contribution >= 4 is 39.9 Å². The maximum atomic E-state index is 3.67. The first-order chi connectivity index (χ1) is 12.3. The Labute approximate surface area is 174 Å². The molecule has 0 bridgehead atoms. The molecule has 2 aliphatic rings. The molecule has 3 heteroatoms. The molecule has 134 valence electrons. The largest absolute Gasteiger partial charge is 0.0812 e. The Hall–Kier alpha value is -0.903. The van der Waals surface area contributed by atoms with E-state index in [0.717, 1.165) is 6.42 Å². The van der Waals surface area contributed by atoms with Crippen molar-refractivity contribution in [3.05, 3.63) is 79.4 Å². The summed E-state index contributed by atoms with van der Waals surface area (Å²) >= 11 is 7.35. The molecule has 0 spiro atoms. The molecule has 0 fully saturated rings. The van der Waals surface area contributed by atoms with Crippen LogP contribution in [0.4, 0.5) is 0 Å². The Kier molecular flexibility index (Phi) is 4.91. The number of halogens is 2. The summed E-state index contributed by atoms with van der Waals surface area (Å²) in [5.41, 5.74) is 7.38. The van der Waals surface area contributed by atoms with Crippen molar-refractivity contribution in [2.45, 2.75) is 44.8 Å². The number of rotatable bonds is 4. The molecule has 0 aliphatic heterocycles. The van der Waals surface area contributed by atoms with E-state index >= 15 is 0 Å². The van der Waals surface area contributed by atoms with E-state index in [-0.39, 0.29) is 0 Å². The van der Waals surface area contributed by atoms with Gasteiger partial charge in [0.15, 0.2) is 0 Å². The highest BCUT2D eigenvalue weighted by atomic mass is 79.9. The minimum absolute atomic E-state index is 0.492. The maximum Gasteiger partial charge on any atom is 0.0771 e. The Morgan fingerprint density at radius 3 is 2.00 bits per heavy atom. The first-order valence-corrected chi connectivity index (χ1v) is 14.4. The van der Waals surface area contributed by atoms with Gasteiger partial charge in [-0.05, 0) is 65.8 Å². The molecular weight excluding hydrogens is 464 g/mol. The Morgan fingerprint density at radius 2 is 1.50 bits per heavy atom. The molecule has 0 atom stereocenters. The average Bonchev–Trinajstić information content (AvgIpc) is 3.15. The van der Waals surface area contributed by atoms with Gasteiger partial charge in [-0.25, -0.2) is 0 Å². The van der Waals surface area contributed by atoms with Crippen LogP contribution in [0.2, 0.25) is 19.6 Å². The molecule has 0 heterocycles. The summed E-state index contributed by atoms with van der Waals surface area (Å²) in [6.07, 6.45) is 8.51. The summed E-state index contributed by atoms with van der Waals surface area (Å²) in [5.74, 6) is 0.492. The normalized spacial score (nSPS) is 16.3. The molecule has 0 radical (unpaired) electrons. The van der Waals surface area contributed by atoms with Crippen LogP contribution >= 0.6 is 31.9 Å². The zero-order valence-electron chi connectivity index (χ0n) is 15.6. The number of fused-ring (bicyclic) bond motifs is 3. The summed E-state index contributed by atoms with van der Waals surface area (Å²) < 4.78 is 2.35. The van der Waals surface area contributed by atoms with Crippen molar-refractivity contribution in [2.75, 3.05) is 0 Å². The second kappa shape index (κ2) is 6.92. The molecule has 0 nitrogen and oxygen atoms in total. The van der Waals surface area contributed by atoms with E-state index < -0.39 is 8.07 Å². The number of allylic oxidation sites excluding steroid dienone is 4. The van der Waals surface area contributed by atoms with E-state index in [2.05, 4.69) is 100 Å². The highest BCUT2D eigenvalue weighted by Gasteiger charge is 2.29. The lowest BCUT2D eigenvalue weighted by molar-refractivity contribution is 0.718. The lowest BCUT2D eigenvalue weighted by Crippen LogP contribution is -2.21. The van der Waals surface area contributed by atoms with E-state index in [1.807, 2.05) is 0 Å². The van der Waals surface area contributed by atoms with Gasteiger partial charge in [0.1, 0.15) is 0 Å². The van der Waals surface area contributed by atoms with E-state index in [4.69, 9.17) is 0 Å². The van der Waals surface area contributed by atoms with Gasteiger partial charge in [0.25, 0.3) is 0 Å². The van der Waals surface area contributed by atoms with Gasteiger partial charge >= 0.3 is 0 Å². The summed E-state index contributed by atoms with van der Waals surface area (Å²) in [6, 6.07) is 13.5. The monoisotopic (exact) mass is 486 g/mol. The van der Waals surface area contributed by atoms with Gasteiger partial charge in [-0.15, -0.1) is 0 Å². The minimum Gasteiger partial charge on any atom is -0.0812 e. The molecule has 26 heavy (non-hydrogen) atoms. The lowest BCUT2D eigenvalue weighted by Gasteiger charge is -2.16. The summed E-state index contributed by atoms with van der Waals surface area (Å²) in [7, 11) is -1.18. The van der Waals surface area contributed by atoms with Crippen LogP contribution < -0.4 is 0 Å². The minimum atomic E-state index is -1.18. The molecule has 0 saturated carbocycles. The van der Waals surface area contributed by atoms with Gasteiger partial charge in [-0.3, -0.25) is 0 Å². The van der Waals surface area contributed by atoms with E-state index in [9.17, 15) is 0 Å². The number of hydrogen-bond acceptors (Lipinski definition) is 0.